The van der Waals surface area contributed by atoms with Crippen LogP contribution in [0.25, 0.3) is 32.7 Å². The highest BCUT2D eigenvalue weighted by Crippen LogP contribution is 2.22. The first kappa shape index (κ1) is 58.3. The maximum Gasteiger partial charge on any atom is 0.243 e. The molecule has 412 valence electrons. The number of nitrogens with one attached hydrogen (secondary N) is 10. The molecule has 8 amide bonds. The first-order valence-corrected chi connectivity index (χ1v) is 26.8. The molecule has 20 heteroatoms. The number of benzene rings is 3. The minimum Gasteiger partial charge on any atom is -0.368 e. The molecule has 3 aromatic heterocycles. The number of para-hydroxylation sites is 3. The van der Waals surface area contributed by atoms with Crippen molar-refractivity contribution < 1.29 is 38.4 Å². The van der Waals surface area contributed by atoms with Crippen molar-refractivity contribution in [3.63, 3.8) is 0 Å². The van der Waals surface area contributed by atoms with E-state index in [0.29, 0.717) is 57.9 Å². The van der Waals surface area contributed by atoms with Gasteiger partial charge in [0.2, 0.25) is 47.3 Å². The minimum absolute atomic E-state index is 0.0577. The Balaban J connectivity index is 1.01. The molecule has 3 heterocycles. The van der Waals surface area contributed by atoms with E-state index in [1.807, 2.05) is 99.0 Å². The lowest BCUT2D eigenvalue weighted by Crippen LogP contribution is -2.55. The number of hydrogen-bond acceptors (Lipinski definition) is 9. The molecule has 6 aromatic rings. The smallest absolute Gasteiger partial charge is 0.243 e. The van der Waals surface area contributed by atoms with Gasteiger partial charge in [0.25, 0.3) is 0 Å². The molecule has 0 aliphatic carbocycles. The Morgan fingerprint density at radius 2 is 0.922 bits per heavy atom. The van der Waals surface area contributed by atoms with E-state index in [1.54, 1.807) is 6.20 Å². The molecule has 0 aliphatic rings. The second-order valence-electron chi connectivity index (χ2n) is 19.8. The Bertz CT molecular complexity index is 2960. The fraction of sp³-hybridized carbons (Fsp3) is 0.439. The van der Waals surface area contributed by atoms with Gasteiger partial charge >= 0.3 is 0 Å². The number of amides is 8. The summed E-state index contributed by atoms with van der Waals surface area (Å²) < 4.78 is 0. The molecule has 0 saturated carbocycles. The number of carbonyl (C=O) groups excluding carboxylic acids is 8. The van der Waals surface area contributed by atoms with Crippen molar-refractivity contribution in [2.75, 3.05) is 19.6 Å². The van der Waals surface area contributed by atoms with Crippen molar-refractivity contribution >= 4 is 80.0 Å². The van der Waals surface area contributed by atoms with Gasteiger partial charge in [0.05, 0.1) is 0 Å². The van der Waals surface area contributed by atoms with Gasteiger partial charge in [-0.1, -0.05) is 74.9 Å². The van der Waals surface area contributed by atoms with Crippen LogP contribution in [0, 0.1) is 5.92 Å². The normalized spacial score (nSPS) is 13.7. The van der Waals surface area contributed by atoms with E-state index in [9.17, 15) is 38.4 Å². The highest BCUT2D eigenvalue weighted by Gasteiger charge is 2.31. The molecule has 77 heavy (non-hydrogen) atoms. The van der Waals surface area contributed by atoms with Gasteiger partial charge in [-0.05, 0) is 92.3 Å². The van der Waals surface area contributed by atoms with Crippen LogP contribution in [0.5, 0.6) is 0 Å². The first-order chi connectivity index (χ1) is 37.1. The number of carbonyl (C=O) groups is 8. The van der Waals surface area contributed by atoms with Gasteiger partial charge in [-0.25, -0.2) is 0 Å². The van der Waals surface area contributed by atoms with Crippen LogP contribution in [0.3, 0.4) is 0 Å². The van der Waals surface area contributed by atoms with Gasteiger partial charge in [0.15, 0.2) is 0 Å². The summed E-state index contributed by atoms with van der Waals surface area (Å²) in [5, 5.41) is 22.7. The van der Waals surface area contributed by atoms with Crippen molar-refractivity contribution in [2.24, 2.45) is 17.4 Å². The lowest BCUT2D eigenvalue weighted by atomic mass is 9.97. The zero-order valence-corrected chi connectivity index (χ0v) is 44.4. The molecule has 0 radical (unpaired) electrons. The van der Waals surface area contributed by atoms with Gasteiger partial charge in [0, 0.05) is 103 Å². The molecule has 0 saturated heterocycles. The van der Waals surface area contributed by atoms with Gasteiger partial charge in [-0.15, -0.1) is 0 Å². The number of rotatable bonds is 32. The number of aromatic amines is 3. The summed E-state index contributed by atoms with van der Waals surface area (Å²) in [4.78, 5) is 116. The zero-order chi connectivity index (χ0) is 55.3. The second-order valence-corrected chi connectivity index (χ2v) is 19.8. The van der Waals surface area contributed by atoms with Crippen LogP contribution in [0.4, 0.5) is 0 Å². The average Bonchev–Trinajstić information content (AvgIpc) is 4.19. The van der Waals surface area contributed by atoms with Crippen LogP contribution in [-0.4, -0.2) is 112 Å². The summed E-state index contributed by atoms with van der Waals surface area (Å²) in [5.41, 5.74) is 16.5. The van der Waals surface area contributed by atoms with Crippen LogP contribution >= 0.6 is 0 Å². The number of H-pyrrole nitrogens is 3. The number of fused-ring (bicyclic) bond motifs is 3. The molecule has 0 unspecified atom stereocenters. The molecular formula is C57H76N12O8. The third-order valence-electron chi connectivity index (χ3n) is 14.0. The summed E-state index contributed by atoms with van der Waals surface area (Å²) in [6.45, 7) is 5.92. The van der Waals surface area contributed by atoms with Gasteiger partial charge < -0.3 is 63.6 Å². The van der Waals surface area contributed by atoms with Gasteiger partial charge in [-0.2, -0.15) is 0 Å². The lowest BCUT2D eigenvalue weighted by Gasteiger charge is -2.25. The number of aromatic nitrogens is 3. The summed E-state index contributed by atoms with van der Waals surface area (Å²) in [5.74, 6) is -3.80. The molecule has 20 nitrogen and oxygen atoms in total. The molecule has 0 bridgehead atoms. The van der Waals surface area contributed by atoms with E-state index in [1.165, 1.54) is 6.92 Å². The topological polar surface area (TPSA) is 320 Å². The molecule has 0 fully saturated rings. The maximum absolute atomic E-state index is 13.8. The third-order valence-corrected chi connectivity index (χ3v) is 14.0. The Morgan fingerprint density at radius 3 is 1.34 bits per heavy atom. The van der Waals surface area contributed by atoms with Crippen LogP contribution in [-0.2, 0) is 57.6 Å². The minimum atomic E-state index is -0.999. The van der Waals surface area contributed by atoms with Crippen molar-refractivity contribution in [1.82, 2.24) is 52.2 Å². The Morgan fingerprint density at radius 1 is 0.506 bits per heavy atom. The van der Waals surface area contributed by atoms with E-state index < -0.39 is 59.7 Å². The lowest BCUT2D eigenvalue weighted by molar-refractivity contribution is -0.132. The number of unbranched alkanes of at least 4 members (excludes halogenated alkanes) is 3. The first-order valence-electron chi connectivity index (χ1n) is 26.8. The summed E-state index contributed by atoms with van der Waals surface area (Å²) >= 11 is 0. The highest BCUT2D eigenvalue weighted by atomic mass is 16.2. The van der Waals surface area contributed by atoms with Gasteiger partial charge in [-0.3, -0.25) is 38.4 Å². The van der Waals surface area contributed by atoms with E-state index in [2.05, 4.69) is 52.2 Å². The fourth-order valence-corrected chi connectivity index (χ4v) is 9.48. The van der Waals surface area contributed by atoms with Crippen LogP contribution in [0.1, 0.15) is 102 Å². The Kier molecular flexibility index (Phi) is 22.2. The summed E-state index contributed by atoms with van der Waals surface area (Å²) in [7, 11) is 0. The number of primary amides is 1. The monoisotopic (exact) mass is 1060 g/mol. The van der Waals surface area contributed by atoms with Crippen LogP contribution in [0.15, 0.2) is 91.4 Å². The standard InChI is InChI=1S/C57H76N12O8/c1-4-35(2)52(53(59)73)69-57(77)49(31-39-34-64-45-22-10-7-19-42(39)45)67-51(72)25-13-15-27-60-54(74)47(29-37-32-62-43-20-8-5-17-40(37)43)66-50(71)24-12-16-28-61-55(75)48(30-38-33-63-44-21-9-6-18-41(38)44)68-56(76)46(65-36(3)70)23-11-14-26-58/h5-10,17-22,32-35,46-49,52,62-64H,4,11-16,23-31,58H2,1-3H3,(H2,59,73)(H,60,74)(H,61,75)(H,65,70)(H,66,71)(H,67,72)(H,68,76)(H,69,77)/t35-,46-,47-,48-,49-,52-/m0/s1. The molecule has 6 atom stereocenters. The maximum atomic E-state index is 13.8. The SMILES string of the molecule is CC[C@H](C)[C@H](NC(=O)[C@H](Cc1c[nH]c2ccccc12)NC(=O)CCCCNC(=O)[C@H](Cc1c[nH]c2ccccc12)NC(=O)CCCCNC(=O)[C@H](Cc1c[nH]c2ccccc12)NC(=O)[C@H](CCCCN)NC(C)=O)C(N)=O. The number of nitrogens with two attached hydrogens (primary N) is 2. The largest absolute Gasteiger partial charge is 0.368 e. The Hall–Kier alpha value is -8.00. The Labute approximate surface area is 448 Å². The van der Waals surface area contributed by atoms with Crippen molar-refractivity contribution in [2.45, 2.75) is 134 Å². The summed E-state index contributed by atoms with van der Waals surface area (Å²) in [6.07, 6.45) is 9.95. The van der Waals surface area contributed by atoms with Crippen molar-refractivity contribution in [1.29, 1.82) is 0 Å². The second kappa shape index (κ2) is 29.3. The van der Waals surface area contributed by atoms with E-state index in [4.69, 9.17) is 11.5 Å². The van der Waals surface area contributed by atoms with Crippen molar-refractivity contribution in [3.05, 3.63) is 108 Å². The van der Waals surface area contributed by atoms with Crippen LogP contribution < -0.4 is 48.7 Å². The molecule has 3 aromatic carbocycles. The fourth-order valence-electron chi connectivity index (χ4n) is 9.48. The molecule has 0 spiro atoms. The zero-order valence-electron chi connectivity index (χ0n) is 44.4. The predicted molar refractivity (Wildman–Crippen MR) is 297 cm³/mol. The summed E-state index contributed by atoms with van der Waals surface area (Å²) in [6, 6.07) is 18.3. The van der Waals surface area contributed by atoms with Crippen molar-refractivity contribution in [3.8, 4) is 0 Å². The molecule has 14 N–H and O–H groups in total. The average molecular weight is 1060 g/mol. The number of hydrogen-bond donors (Lipinski definition) is 12. The molecular weight excluding hydrogens is 981 g/mol. The quantitative estimate of drug-likeness (QED) is 0.0273. The van der Waals surface area contributed by atoms with E-state index in [0.717, 1.165) is 49.4 Å². The highest BCUT2D eigenvalue weighted by molar-refractivity contribution is 5.95. The van der Waals surface area contributed by atoms with Crippen LogP contribution in [0.2, 0.25) is 0 Å². The van der Waals surface area contributed by atoms with E-state index in [-0.39, 0.29) is 68.8 Å². The predicted octanol–water partition coefficient (Wildman–Crippen LogP) is 3.84. The van der Waals surface area contributed by atoms with E-state index >= 15 is 0 Å². The molecule has 0 aliphatic heterocycles. The third kappa shape index (κ3) is 17.3. The molecule has 6 rings (SSSR count). The van der Waals surface area contributed by atoms with Gasteiger partial charge in [0.1, 0.15) is 30.2 Å².